The molecule has 3 aromatic rings. The second-order valence-electron chi connectivity index (χ2n) is 7.39. The van der Waals surface area contributed by atoms with Crippen molar-refractivity contribution in [3.05, 3.63) is 72.1 Å². The lowest BCUT2D eigenvalue weighted by Gasteiger charge is -2.38. The van der Waals surface area contributed by atoms with Gasteiger partial charge in [-0.05, 0) is 36.8 Å². The number of hydrogen-bond donors (Lipinski definition) is 1. The van der Waals surface area contributed by atoms with Gasteiger partial charge in [0.2, 0.25) is 15.9 Å². The number of carbonyl (C=O) groups excluding carboxylic acids is 1. The van der Waals surface area contributed by atoms with Crippen LogP contribution in [0.2, 0.25) is 0 Å². The molecule has 10 heteroatoms. The van der Waals surface area contributed by atoms with Gasteiger partial charge in [0.05, 0.1) is 23.7 Å². The molecule has 1 aromatic heterocycles. The van der Waals surface area contributed by atoms with Crippen molar-refractivity contribution in [1.29, 1.82) is 0 Å². The zero-order chi connectivity index (χ0) is 21.8. The summed E-state index contributed by atoms with van der Waals surface area (Å²) < 4.78 is 34.5. The highest BCUT2D eigenvalue weighted by Gasteiger charge is 2.33. The van der Waals surface area contributed by atoms with E-state index in [1.165, 1.54) is 6.07 Å². The van der Waals surface area contributed by atoms with Crippen molar-refractivity contribution in [3.8, 4) is 5.75 Å². The summed E-state index contributed by atoms with van der Waals surface area (Å²) in [6.07, 6.45) is 1.80. The lowest BCUT2D eigenvalue weighted by molar-refractivity contribution is -0.135. The molecule has 0 atom stereocenters. The van der Waals surface area contributed by atoms with Crippen molar-refractivity contribution in [2.24, 2.45) is 0 Å². The van der Waals surface area contributed by atoms with Gasteiger partial charge < -0.3 is 9.64 Å². The van der Waals surface area contributed by atoms with Crippen molar-refractivity contribution in [3.63, 3.8) is 0 Å². The molecule has 0 spiro atoms. The quantitative estimate of drug-likeness (QED) is 0.568. The van der Waals surface area contributed by atoms with Crippen molar-refractivity contribution in [2.75, 3.05) is 19.6 Å². The van der Waals surface area contributed by atoms with Crippen molar-refractivity contribution in [2.45, 2.75) is 24.5 Å². The lowest BCUT2D eigenvalue weighted by Crippen LogP contribution is -2.53. The molecule has 0 saturated carbocycles. The monoisotopic (exact) mass is 441 g/mol. The molecule has 1 fully saturated rings. The number of nitrogens with one attached hydrogen (secondary N) is 1. The summed E-state index contributed by atoms with van der Waals surface area (Å²) in [5, 5.41) is 8.22. The molecule has 1 N–H and O–H groups in total. The predicted molar refractivity (Wildman–Crippen MR) is 113 cm³/mol. The number of likely N-dealkylation sites (tertiary alicyclic amines) is 1. The Bertz CT molecular complexity index is 1160. The Kier molecular flexibility index (Phi) is 6.01. The predicted octanol–water partition coefficient (Wildman–Crippen LogP) is 1.53. The fourth-order valence-corrected chi connectivity index (χ4v) is 4.27. The fraction of sp³-hybridized carbons (Fsp3) is 0.286. The maximum atomic E-state index is 12.4. The number of aryl methyl sites for hydroxylation is 1. The van der Waals surface area contributed by atoms with Crippen LogP contribution in [0.1, 0.15) is 17.3 Å². The smallest absolute Gasteiger partial charge is 0.241 e. The van der Waals surface area contributed by atoms with E-state index < -0.39 is 10.0 Å². The summed E-state index contributed by atoms with van der Waals surface area (Å²) in [6, 6.07) is 16.0. The van der Waals surface area contributed by atoms with E-state index in [0.717, 1.165) is 11.3 Å². The Hall–Kier alpha value is -3.24. The number of nitrogens with zero attached hydrogens (tertiary/aromatic N) is 4. The van der Waals surface area contributed by atoms with Gasteiger partial charge in [-0.3, -0.25) is 4.79 Å². The van der Waals surface area contributed by atoms with Gasteiger partial charge in [0, 0.05) is 13.1 Å². The summed E-state index contributed by atoms with van der Waals surface area (Å²) in [6.45, 7) is 2.74. The first-order valence-corrected chi connectivity index (χ1v) is 11.3. The van der Waals surface area contributed by atoms with E-state index in [0.29, 0.717) is 25.4 Å². The van der Waals surface area contributed by atoms with Crippen molar-refractivity contribution < 1.29 is 17.9 Å². The summed E-state index contributed by atoms with van der Waals surface area (Å²) in [4.78, 5) is 14.1. The lowest BCUT2D eigenvalue weighted by atomic mass is 10.1. The van der Waals surface area contributed by atoms with Crippen molar-refractivity contribution in [1.82, 2.24) is 24.6 Å². The Balaban J connectivity index is 1.24. The summed E-state index contributed by atoms with van der Waals surface area (Å²) in [5.41, 5.74) is 1.53. The number of amides is 1. The standard InChI is InChI=1S/C21H23N5O4S/c1-16-6-5-9-20(10-16)31(28,29)22-11-21(27)25-13-18(14-25)26-12-17(23-24-26)15-30-19-7-3-2-4-8-19/h2-10,12,18,22H,11,13-15H2,1H3. The van der Waals surface area contributed by atoms with Crippen LogP contribution in [0, 0.1) is 6.92 Å². The molecule has 0 unspecified atom stereocenters. The van der Waals surface area contributed by atoms with E-state index in [1.807, 2.05) is 43.3 Å². The molecule has 1 amide bonds. The van der Waals surface area contributed by atoms with E-state index >= 15 is 0 Å². The molecule has 2 heterocycles. The molecule has 4 rings (SSSR count). The number of carbonyl (C=O) groups is 1. The van der Waals surface area contributed by atoms with E-state index in [-0.39, 0.29) is 23.4 Å². The number of sulfonamides is 1. The molecule has 0 aliphatic carbocycles. The second kappa shape index (κ2) is 8.86. The normalized spacial score (nSPS) is 14.3. The highest BCUT2D eigenvalue weighted by atomic mass is 32.2. The number of rotatable bonds is 8. The second-order valence-corrected chi connectivity index (χ2v) is 9.15. The van der Waals surface area contributed by atoms with Gasteiger partial charge in [0.25, 0.3) is 0 Å². The van der Waals surface area contributed by atoms with Gasteiger partial charge in [-0.1, -0.05) is 35.5 Å². The van der Waals surface area contributed by atoms with Crippen LogP contribution < -0.4 is 9.46 Å². The maximum absolute atomic E-state index is 12.4. The summed E-state index contributed by atoms with van der Waals surface area (Å²) in [7, 11) is -3.73. The first kappa shape index (κ1) is 21.0. The van der Waals surface area contributed by atoms with Gasteiger partial charge in [0.15, 0.2) is 0 Å². The summed E-state index contributed by atoms with van der Waals surface area (Å²) >= 11 is 0. The molecular weight excluding hydrogens is 418 g/mol. The largest absolute Gasteiger partial charge is 0.487 e. The number of aromatic nitrogens is 3. The number of ether oxygens (including phenoxy) is 1. The maximum Gasteiger partial charge on any atom is 0.241 e. The van der Waals surface area contributed by atoms with Gasteiger partial charge in [0.1, 0.15) is 18.1 Å². The third kappa shape index (κ3) is 5.09. The zero-order valence-corrected chi connectivity index (χ0v) is 17.8. The van der Waals surface area contributed by atoms with Crippen LogP contribution in [0.4, 0.5) is 0 Å². The van der Waals surface area contributed by atoms with Gasteiger partial charge in [-0.25, -0.2) is 17.8 Å². The number of benzene rings is 2. The van der Waals surface area contributed by atoms with Crippen LogP contribution in [0.3, 0.4) is 0 Å². The molecule has 162 valence electrons. The fourth-order valence-electron chi connectivity index (χ4n) is 3.19. The van der Waals surface area contributed by atoms with Gasteiger partial charge in [-0.2, -0.15) is 0 Å². The molecule has 2 aromatic carbocycles. The first-order valence-electron chi connectivity index (χ1n) is 9.83. The van der Waals surface area contributed by atoms with E-state index in [4.69, 9.17) is 4.74 Å². The van der Waals surface area contributed by atoms with E-state index in [1.54, 1.807) is 27.9 Å². The SMILES string of the molecule is Cc1cccc(S(=O)(=O)NCC(=O)N2CC(n3cc(COc4ccccc4)nn3)C2)c1. The zero-order valence-electron chi connectivity index (χ0n) is 17.0. The Morgan fingerprint density at radius 2 is 1.94 bits per heavy atom. The molecule has 1 saturated heterocycles. The van der Waals surface area contributed by atoms with Crippen LogP contribution in [0.15, 0.2) is 65.7 Å². The average molecular weight is 442 g/mol. The highest BCUT2D eigenvalue weighted by Crippen LogP contribution is 2.21. The minimum atomic E-state index is -3.73. The average Bonchev–Trinajstić information content (AvgIpc) is 3.19. The molecule has 9 nitrogen and oxygen atoms in total. The van der Waals surface area contributed by atoms with Crippen molar-refractivity contribution >= 4 is 15.9 Å². The summed E-state index contributed by atoms with van der Waals surface area (Å²) in [5.74, 6) is 0.478. The Morgan fingerprint density at radius 1 is 1.16 bits per heavy atom. The molecule has 0 radical (unpaired) electrons. The molecular formula is C21H23N5O4S. The third-order valence-electron chi connectivity index (χ3n) is 4.99. The number of hydrogen-bond acceptors (Lipinski definition) is 6. The topological polar surface area (TPSA) is 106 Å². The molecule has 1 aliphatic rings. The molecule has 0 bridgehead atoms. The Morgan fingerprint density at radius 3 is 2.68 bits per heavy atom. The van der Waals surface area contributed by atoms with E-state index in [9.17, 15) is 13.2 Å². The third-order valence-corrected chi connectivity index (χ3v) is 6.39. The number of para-hydroxylation sites is 1. The minimum absolute atomic E-state index is 0.00954. The van der Waals surface area contributed by atoms with Gasteiger partial charge >= 0.3 is 0 Å². The van der Waals surface area contributed by atoms with Crippen LogP contribution in [-0.4, -0.2) is 53.9 Å². The van der Waals surface area contributed by atoms with Crippen LogP contribution in [0.5, 0.6) is 5.75 Å². The van der Waals surface area contributed by atoms with Crippen LogP contribution >= 0.6 is 0 Å². The van der Waals surface area contributed by atoms with Crippen LogP contribution in [-0.2, 0) is 21.4 Å². The highest BCUT2D eigenvalue weighted by molar-refractivity contribution is 7.89. The molecule has 31 heavy (non-hydrogen) atoms. The minimum Gasteiger partial charge on any atom is -0.487 e. The first-order chi connectivity index (χ1) is 14.9. The van der Waals surface area contributed by atoms with E-state index in [2.05, 4.69) is 15.0 Å². The van der Waals surface area contributed by atoms with Crippen LogP contribution in [0.25, 0.3) is 0 Å². The van der Waals surface area contributed by atoms with Gasteiger partial charge in [-0.15, -0.1) is 5.10 Å². The Labute approximate surface area is 180 Å². The molecule has 1 aliphatic heterocycles.